The summed E-state index contributed by atoms with van der Waals surface area (Å²) in [6.07, 6.45) is 1.53. The van der Waals surface area contributed by atoms with Crippen molar-refractivity contribution < 1.29 is 17.9 Å². The average molecular weight is 433 g/mol. The lowest BCUT2D eigenvalue weighted by molar-refractivity contribution is 0.0619. The molecular formula is C21H28N4O4S. The summed E-state index contributed by atoms with van der Waals surface area (Å²) >= 11 is 0. The van der Waals surface area contributed by atoms with Gasteiger partial charge in [0.2, 0.25) is 10.0 Å². The van der Waals surface area contributed by atoms with Crippen LogP contribution in [0.2, 0.25) is 0 Å². The molecule has 2 aliphatic heterocycles. The number of amides is 1. The zero-order chi connectivity index (χ0) is 21.1. The van der Waals surface area contributed by atoms with E-state index in [1.54, 1.807) is 11.6 Å². The minimum atomic E-state index is -3.62. The van der Waals surface area contributed by atoms with Crippen LogP contribution in [0.5, 0.6) is 0 Å². The summed E-state index contributed by atoms with van der Waals surface area (Å²) in [7, 11) is -1.90. The number of carbonyl (C=O) groups is 1. The zero-order valence-electron chi connectivity index (χ0n) is 17.2. The van der Waals surface area contributed by atoms with Crippen molar-refractivity contribution in [2.45, 2.75) is 11.4 Å². The second kappa shape index (κ2) is 8.89. The number of piperazine rings is 1. The van der Waals surface area contributed by atoms with E-state index in [0.717, 1.165) is 19.6 Å². The fourth-order valence-corrected chi connectivity index (χ4v) is 5.42. The number of ether oxygens (including phenoxy) is 1. The molecule has 8 nitrogen and oxygen atoms in total. The maximum Gasteiger partial charge on any atom is 0.270 e. The number of rotatable bonds is 5. The molecule has 0 atom stereocenters. The monoisotopic (exact) mass is 432 g/mol. The van der Waals surface area contributed by atoms with Crippen molar-refractivity contribution in [3.63, 3.8) is 0 Å². The Morgan fingerprint density at radius 2 is 1.67 bits per heavy atom. The second-order valence-corrected chi connectivity index (χ2v) is 9.68. The number of morpholine rings is 1. The van der Waals surface area contributed by atoms with Crippen molar-refractivity contribution >= 4 is 15.9 Å². The molecular weight excluding hydrogens is 404 g/mol. The van der Waals surface area contributed by atoms with Gasteiger partial charge < -0.3 is 14.2 Å². The molecule has 0 aliphatic carbocycles. The van der Waals surface area contributed by atoms with E-state index in [0.29, 0.717) is 45.1 Å². The number of benzene rings is 1. The van der Waals surface area contributed by atoms with E-state index >= 15 is 0 Å². The zero-order valence-corrected chi connectivity index (χ0v) is 18.1. The molecule has 1 amide bonds. The van der Waals surface area contributed by atoms with Gasteiger partial charge in [0.25, 0.3) is 5.91 Å². The minimum absolute atomic E-state index is 0.125. The number of aryl methyl sites for hydroxylation is 1. The Labute approximate surface area is 177 Å². The van der Waals surface area contributed by atoms with Crippen LogP contribution in [-0.4, -0.2) is 85.5 Å². The Hall–Kier alpha value is -2.20. The van der Waals surface area contributed by atoms with Crippen LogP contribution < -0.4 is 0 Å². The number of hydrogen-bond donors (Lipinski definition) is 0. The molecule has 0 N–H and O–H groups in total. The SMILES string of the molecule is Cn1cc(S(=O)(=O)N2CCOCC2)cc1C(=O)N1CCN(Cc2ccccc2)CC1. The van der Waals surface area contributed by atoms with Crippen molar-refractivity contribution in [1.29, 1.82) is 0 Å². The number of sulfonamides is 1. The van der Waals surface area contributed by atoms with Crippen molar-refractivity contribution in [1.82, 2.24) is 18.7 Å². The molecule has 2 fully saturated rings. The molecule has 0 saturated carbocycles. The highest BCUT2D eigenvalue weighted by Crippen LogP contribution is 2.21. The minimum Gasteiger partial charge on any atom is -0.379 e. The Bertz CT molecular complexity index is 976. The highest BCUT2D eigenvalue weighted by atomic mass is 32.2. The summed E-state index contributed by atoms with van der Waals surface area (Å²) in [6.45, 7) is 5.18. The van der Waals surface area contributed by atoms with E-state index < -0.39 is 10.0 Å². The topological polar surface area (TPSA) is 75.1 Å². The fourth-order valence-electron chi connectivity index (χ4n) is 3.94. The standard InChI is InChI=1S/C21H28N4O4S/c1-22-17-19(30(27,28)25-11-13-29-14-12-25)15-20(22)21(26)24-9-7-23(8-10-24)16-18-5-3-2-4-6-18/h2-6,15,17H,7-14,16H2,1H3. The van der Waals surface area contributed by atoms with Gasteiger partial charge >= 0.3 is 0 Å². The molecule has 0 unspecified atom stereocenters. The first-order valence-corrected chi connectivity index (χ1v) is 11.7. The van der Waals surface area contributed by atoms with E-state index in [2.05, 4.69) is 17.0 Å². The van der Waals surface area contributed by atoms with Crippen LogP contribution in [-0.2, 0) is 28.4 Å². The lowest BCUT2D eigenvalue weighted by atomic mass is 10.2. The van der Waals surface area contributed by atoms with Gasteiger partial charge in [-0.25, -0.2) is 8.42 Å². The highest BCUT2D eigenvalue weighted by molar-refractivity contribution is 7.89. The molecule has 1 aromatic carbocycles. The van der Waals surface area contributed by atoms with Gasteiger partial charge in [-0.1, -0.05) is 30.3 Å². The quantitative estimate of drug-likeness (QED) is 0.705. The summed E-state index contributed by atoms with van der Waals surface area (Å²) < 4.78 is 34.1. The van der Waals surface area contributed by atoms with Crippen LogP contribution in [0.1, 0.15) is 16.1 Å². The highest BCUT2D eigenvalue weighted by Gasteiger charge is 2.30. The first-order chi connectivity index (χ1) is 14.4. The Morgan fingerprint density at radius 1 is 1.00 bits per heavy atom. The fraction of sp³-hybridized carbons (Fsp3) is 0.476. The molecule has 0 radical (unpaired) electrons. The number of hydrogen-bond acceptors (Lipinski definition) is 5. The van der Waals surface area contributed by atoms with Gasteiger partial charge in [0.1, 0.15) is 10.6 Å². The van der Waals surface area contributed by atoms with E-state index in [4.69, 9.17) is 4.74 Å². The van der Waals surface area contributed by atoms with Crippen LogP contribution >= 0.6 is 0 Å². The Morgan fingerprint density at radius 3 is 2.33 bits per heavy atom. The maximum atomic E-state index is 13.1. The van der Waals surface area contributed by atoms with Crippen LogP contribution in [0, 0.1) is 0 Å². The molecule has 1 aromatic heterocycles. The third-order valence-corrected chi connectivity index (χ3v) is 7.58. The molecule has 2 aromatic rings. The van der Waals surface area contributed by atoms with Gasteiger partial charge in [0.05, 0.1) is 13.2 Å². The van der Waals surface area contributed by atoms with Gasteiger partial charge in [0, 0.05) is 59.1 Å². The summed E-state index contributed by atoms with van der Waals surface area (Å²) in [6, 6.07) is 11.8. The summed E-state index contributed by atoms with van der Waals surface area (Å²) in [5.74, 6) is -0.125. The summed E-state index contributed by atoms with van der Waals surface area (Å²) in [5, 5.41) is 0. The summed E-state index contributed by atoms with van der Waals surface area (Å²) in [5.41, 5.74) is 1.66. The largest absolute Gasteiger partial charge is 0.379 e. The van der Waals surface area contributed by atoms with E-state index in [9.17, 15) is 13.2 Å². The number of aromatic nitrogens is 1. The van der Waals surface area contributed by atoms with Crippen LogP contribution in [0.3, 0.4) is 0 Å². The van der Waals surface area contributed by atoms with Crippen molar-refractivity contribution in [3.05, 3.63) is 53.9 Å². The first kappa shape index (κ1) is 21.0. The lowest BCUT2D eigenvalue weighted by Crippen LogP contribution is -2.48. The van der Waals surface area contributed by atoms with Crippen LogP contribution in [0.4, 0.5) is 0 Å². The third kappa shape index (κ3) is 4.44. The van der Waals surface area contributed by atoms with Gasteiger partial charge in [-0.15, -0.1) is 0 Å². The normalized spacial score (nSPS) is 19.2. The van der Waals surface area contributed by atoms with Gasteiger partial charge in [-0.05, 0) is 11.6 Å². The first-order valence-electron chi connectivity index (χ1n) is 10.2. The van der Waals surface area contributed by atoms with Gasteiger partial charge in [-0.2, -0.15) is 4.31 Å². The van der Waals surface area contributed by atoms with Gasteiger partial charge in [0.15, 0.2) is 0 Å². The predicted molar refractivity (Wildman–Crippen MR) is 113 cm³/mol. The molecule has 0 spiro atoms. The van der Waals surface area contributed by atoms with E-state index in [-0.39, 0.29) is 10.8 Å². The second-order valence-electron chi connectivity index (χ2n) is 7.74. The molecule has 0 bridgehead atoms. The number of nitrogens with zero attached hydrogens (tertiary/aromatic N) is 4. The Kier molecular flexibility index (Phi) is 6.24. The molecule has 2 saturated heterocycles. The third-order valence-electron chi connectivity index (χ3n) is 5.72. The molecule has 30 heavy (non-hydrogen) atoms. The smallest absolute Gasteiger partial charge is 0.270 e. The lowest BCUT2D eigenvalue weighted by Gasteiger charge is -2.34. The van der Waals surface area contributed by atoms with Crippen LogP contribution in [0.15, 0.2) is 47.5 Å². The van der Waals surface area contributed by atoms with Crippen molar-refractivity contribution in [2.24, 2.45) is 7.05 Å². The van der Waals surface area contributed by atoms with Gasteiger partial charge in [-0.3, -0.25) is 9.69 Å². The molecule has 3 heterocycles. The van der Waals surface area contributed by atoms with Crippen molar-refractivity contribution in [2.75, 3.05) is 52.5 Å². The van der Waals surface area contributed by atoms with E-state index in [1.807, 2.05) is 23.1 Å². The Balaban J connectivity index is 1.41. The van der Waals surface area contributed by atoms with Crippen LogP contribution in [0.25, 0.3) is 0 Å². The molecule has 162 valence electrons. The van der Waals surface area contributed by atoms with E-state index in [1.165, 1.54) is 22.1 Å². The van der Waals surface area contributed by atoms with Crippen molar-refractivity contribution in [3.8, 4) is 0 Å². The molecule has 9 heteroatoms. The predicted octanol–water partition coefficient (Wildman–Crippen LogP) is 1.00. The maximum absolute atomic E-state index is 13.1. The molecule has 4 rings (SSSR count). The summed E-state index contributed by atoms with van der Waals surface area (Å²) in [4.78, 5) is 17.4. The number of carbonyl (C=O) groups excluding carboxylic acids is 1. The average Bonchev–Trinajstić information content (AvgIpc) is 3.17. The molecule has 2 aliphatic rings.